The lowest BCUT2D eigenvalue weighted by Crippen LogP contribution is -2.29. The number of hydrogen-bond donors (Lipinski definition) is 1. The van der Waals surface area contributed by atoms with E-state index in [1.165, 1.54) is 12.8 Å². The molecule has 0 aromatic carbocycles. The summed E-state index contributed by atoms with van der Waals surface area (Å²) in [5.74, 6) is 0.805. The Balaban J connectivity index is 2.27. The largest absolute Gasteiger partial charge is 0.370 e. The van der Waals surface area contributed by atoms with Crippen molar-refractivity contribution in [3.05, 3.63) is 17.7 Å². The van der Waals surface area contributed by atoms with Gasteiger partial charge in [0.15, 0.2) is 6.29 Å². The van der Waals surface area contributed by atoms with Crippen LogP contribution in [0.15, 0.2) is 6.20 Å². The van der Waals surface area contributed by atoms with Crippen LogP contribution in [-0.2, 0) is 10.3 Å². The van der Waals surface area contributed by atoms with E-state index in [0.29, 0.717) is 5.69 Å². The van der Waals surface area contributed by atoms with Gasteiger partial charge < -0.3 is 9.72 Å². The molecule has 0 aliphatic heterocycles. The molecule has 4 nitrogen and oxygen atoms in total. The van der Waals surface area contributed by atoms with E-state index in [-0.39, 0.29) is 5.60 Å². The number of aromatic amines is 1. The number of carbonyl (C=O) groups excluding carboxylic acids is 1. The number of carbonyl (C=O) groups is 1. The molecule has 16 heavy (non-hydrogen) atoms. The van der Waals surface area contributed by atoms with Gasteiger partial charge in [0.1, 0.15) is 11.4 Å². The van der Waals surface area contributed by atoms with E-state index < -0.39 is 0 Å². The number of nitrogens with one attached hydrogen (secondary N) is 1. The van der Waals surface area contributed by atoms with Crippen molar-refractivity contribution >= 4 is 6.29 Å². The Hall–Kier alpha value is -1.16. The van der Waals surface area contributed by atoms with Crippen LogP contribution in [0, 0.1) is 0 Å². The standard InChI is InChI=1S/C12H18N2O2/c1-16-12(6-4-2-3-5-7-12)11-13-8-10(9-15)14-11/h8-9H,2-7H2,1H3,(H,13,14). The molecule has 1 aliphatic carbocycles. The summed E-state index contributed by atoms with van der Waals surface area (Å²) in [4.78, 5) is 18.0. The molecule has 0 spiro atoms. The lowest BCUT2D eigenvalue weighted by Gasteiger charge is -2.29. The van der Waals surface area contributed by atoms with Gasteiger partial charge in [-0.2, -0.15) is 0 Å². The third-order valence-corrected chi connectivity index (χ3v) is 3.46. The van der Waals surface area contributed by atoms with Gasteiger partial charge in [-0.1, -0.05) is 25.7 Å². The second-order valence-corrected chi connectivity index (χ2v) is 4.42. The van der Waals surface area contributed by atoms with Crippen LogP contribution in [0.1, 0.15) is 54.8 Å². The molecule has 1 aliphatic rings. The zero-order valence-corrected chi connectivity index (χ0v) is 9.66. The highest BCUT2D eigenvalue weighted by atomic mass is 16.5. The van der Waals surface area contributed by atoms with E-state index in [4.69, 9.17) is 4.74 Å². The fourth-order valence-corrected chi connectivity index (χ4v) is 2.46. The normalized spacial score (nSPS) is 20.3. The SMILES string of the molecule is COC1(c2ncc(C=O)[nH]2)CCCCCC1. The van der Waals surface area contributed by atoms with Crippen molar-refractivity contribution in [3.63, 3.8) is 0 Å². The maximum absolute atomic E-state index is 10.7. The molecule has 1 saturated carbocycles. The van der Waals surface area contributed by atoms with Gasteiger partial charge >= 0.3 is 0 Å². The molecule has 0 radical (unpaired) electrons. The Labute approximate surface area is 95.4 Å². The Morgan fingerprint density at radius 1 is 1.38 bits per heavy atom. The van der Waals surface area contributed by atoms with Crippen molar-refractivity contribution in [1.82, 2.24) is 9.97 Å². The molecule has 88 valence electrons. The number of H-pyrrole nitrogens is 1. The van der Waals surface area contributed by atoms with Crippen LogP contribution in [0.4, 0.5) is 0 Å². The number of aldehydes is 1. The van der Waals surface area contributed by atoms with Gasteiger partial charge in [0, 0.05) is 7.11 Å². The second-order valence-electron chi connectivity index (χ2n) is 4.42. The van der Waals surface area contributed by atoms with Crippen molar-refractivity contribution in [1.29, 1.82) is 0 Å². The maximum atomic E-state index is 10.7. The molecule has 0 atom stereocenters. The van der Waals surface area contributed by atoms with E-state index >= 15 is 0 Å². The van der Waals surface area contributed by atoms with Crippen LogP contribution in [0.2, 0.25) is 0 Å². The fraction of sp³-hybridized carbons (Fsp3) is 0.667. The monoisotopic (exact) mass is 222 g/mol. The lowest BCUT2D eigenvalue weighted by atomic mass is 9.93. The molecular formula is C12H18N2O2. The Morgan fingerprint density at radius 3 is 2.56 bits per heavy atom. The Morgan fingerprint density at radius 2 is 2.06 bits per heavy atom. The minimum absolute atomic E-state index is 0.308. The highest BCUT2D eigenvalue weighted by Crippen LogP contribution is 2.37. The van der Waals surface area contributed by atoms with E-state index in [1.807, 2.05) is 0 Å². The number of nitrogens with zero attached hydrogens (tertiary/aromatic N) is 1. The van der Waals surface area contributed by atoms with Crippen LogP contribution >= 0.6 is 0 Å². The first-order valence-corrected chi connectivity index (χ1v) is 5.86. The first-order chi connectivity index (χ1) is 7.80. The minimum Gasteiger partial charge on any atom is -0.370 e. The number of rotatable bonds is 3. The predicted octanol–water partition coefficient (Wildman–Crippen LogP) is 2.42. The summed E-state index contributed by atoms with van der Waals surface area (Å²) in [5.41, 5.74) is 0.216. The highest BCUT2D eigenvalue weighted by Gasteiger charge is 2.35. The van der Waals surface area contributed by atoms with Crippen LogP contribution in [0.3, 0.4) is 0 Å². The summed E-state index contributed by atoms with van der Waals surface area (Å²) >= 11 is 0. The average molecular weight is 222 g/mol. The molecule has 1 fully saturated rings. The molecule has 1 N–H and O–H groups in total. The van der Waals surface area contributed by atoms with E-state index in [0.717, 1.165) is 37.8 Å². The van der Waals surface area contributed by atoms with Gasteiger partial charge in [0.2, 0.25) is 0 Å². The zero-order chi connectivity index (χ0) is 11.4. The molecule has 0 bridgehead atoms. The van der Waals surface area contributed by atoms with Crippen molar-refractivity contribution < 1.29 is 9.53 Å². The highest BCUT2D eigenvalue weighted by molar-refractivity contribution is 5.71. The van der Waals surface area contributed by atoms with E-state index in [1.54, 1.807) is 13.3 Å². The molecule has 2 rings (SSSR count). The molecule has 0 amide bonds. The van der Waals surface area contributed by atoms with Crippen LogP contribution in [0.5, 0.6) is 0 Å². The number of aromatic nitrogens is 2. The third kappa shape index (κ3) is 2.02. The second kappa shape index (κ2) is 4.78. The van der Waals surface area contributed by atoms with Crippen molar-refractivity contribution in [3.8, 4) is 0 Å². The Kier molecular flexibility index (Phi) is 3.39. The zero-order valence-electron chi connectivity index (χ0n) is 9.66. The van der Waals surface area contributed by atoms with Gasteiger partial charge in [-0.05, 0) is 12.8 Å². The summed E-state index contributed by atoms with van der Waals surface area (Å²) in [6, 6.07) is 0. The molecule has 1 heterocycles. The molecule has 1 aromatic rings. The van der Waals surface area contributed by atoms with E-state index in [2.05, 4.69) is 9.97 Å². The number of ether oxygens (including phenoxy) is 1. The first kappa shape index (κ1) is 11.3. The minimum atomic E-state index is -0.308. The molecule has 0 unspecified atom stereocenters. The van der Waals surface area contributed by atoms with E-state index in [9.17, 15) is 4.79 Å². The maximum Gasteiger partial charge on any atom is 0.167 e. The van der Waals surface area contributed by atoms with Crippen LogP contribution < -0.4 is 0 Å². The number of hydrogen-bond acceptors (Lipinski definition) is 3. The van der Waals surface area contributed by atoms with Gasteiger partial charge in [0.05, 0.1) is 11.9 Å². The average Bonchev–Trinajstić information content (AvgIpc) is 2.68. The summed E-state index contributed by atoms with van der Waals surface area (Å²) in [5, 5.41) is 0. The topological polar surface area (TPSA) is 55.0 Å². The predicted molar refractivity (Wildman–Crippen MR) is 60.4 cm³/mol. The number of methoxy groups -OCH3 is 1. The fourth-order valence-electron chi connectivity index (χ4n) is 2.46. The summed E-state index contributed by atoms with van der Waals surface area (Å²) in [6.07, 6.45) is 9.16. The number of imidazole rings is 1. The quantitative estimate of drug-likeness (QED) is 0.631. The molecule has 1 aromatic heterocycles. The van der Waals surface area contributed by atoms with Gasteiger partial charge in [-0.3, -0.25) is 4.79 Å². The first-order valence-electron chi connectivity index (χ1n) is 5.86. The molecule has 4 heteroatoms. The van der Waals surface area contributed by atoms with Crippen molar-refractivity contribution in [2.24, 2.45) is 0 Å². The molecular weight excluding hydrogens is 204 g/mol. The van der Waals surface area contributed by atoms with Gasteiger partial charge in [0.25, 0.3) is 0 Å². The van der Waals surface area contributed by atoms with Gasteiger partial charge in [-0.25, -0.2) is 4.98 Å². The van der Waals surface area contributed by atoms with Gasteiger partial charge in [-0.15, -0.1) is 0 Å². The van der Waals surface area contributed by atoms with Crippen molar-refractivity contribution in [2.45, 2.75) is 44.1 Å². The Bertz CT molecular complexity index is 352. The summed E-state index contributed by atoms with van der Waals surface area (Å²) in [6.45, 7) is 0. The molecule has 0 saturated heterocycles. The van der Waals surface area contributed by atoms with Crippen molar-refractivity contribution in [2.75, 3.05) is 7.11 Å². The third-order valence-electron chi connectivity index (χ3n) is 3.46. The smallest absolute Gasteiger partial charge is 0.167 e. The summed E-state index contributed by atoms with van der Waals surface area (Å²) in [7, 11) is 1.73. The summed E-state index contributed by atoms with van der Waals surface area (Å²) < 4.78 is 5.69. The lowest BCUT2D eigenvalue weighted by molar-refractivity contribution is -0.0345. The van der Waals surface area contributed by atoms with Crippen LogP contribution in [0.25, 0.3) is 0 Å². The van der Waals surface area contributed by atoms with Crippen LogP contribution in [-0.4, -0.2) is 23.4 Å².